The lowest BCUT2D eigenvalue weighted by Crippen LogP contribution is -2.41. The van der Waals surface area contributed by atoms with E-state index in [9.17, 15) is 4.21 Å². The summed E-state index contributed by atoms with van der Waals surface area (Å²) >= 11 is 0. The molecule has 0 aliphatic carbocycles. The fourth-order valence-electron chi connectivity index (χ4n) is 1.81. The highest BCUT2D eigenvalue weighted by Gasteiger charge is 2.21. The van der Waals surface area contributed by atoms with Gasteiger partial charge in [0.05, 0.1) is 0 Å². The summed E-state index contributed by atoms with van der Waals surface area (Å²) in [4.78, 5) is 0. The van der Waals surface area contributed by atoms with Gasteiger partial charge in [0.25, 0.3) is 0 Å². The van der Waals surface area contributed by atoms with E-state index in [0.29, 0.717) is 6.04 Å². The molecule has 0 saturated carbocycles. The Morgan fingerprint density at radius 3 is 2.53 bits per heavy atom. The lowest BCUT2D eigenvalue weighted by Gasteiger charge is -2.29. The molecule has 0 bridgehead atoms. The van der Waals surface area contributed by atoms with Crippen LogP contribution in [0.25, 0.3) is 0 Å². The van der Waals surface area contributed by atoms with Crippen molar-refractivity contribution in [2.45, 2.75) is 39.2 Å². The minimum absolute atomic E-state index is 0.158. The molecule has 0 aromatic heterocycles. The molecule has 0 radical (unpaired) electrons. The Balaban J connectivity index is 2.22. The van der Waals surface area contributed by atoms with Crippen molar-refractivity contribution < 1.29 is 9.32 Å². The van der Waals surface area contributed by atoms with Gasteiger partial charge in [-0.15, -0.1) is 0 Å². The van der Waals surface area contributed by atoms with Gasteiger partial charge in [0, 0.05) is 41.5 Å². The van der Waals surface area contributed by atoms with Gasteiger partial charge in [-0.1, -0.05) is 13.8 Å². The highest BCUT2D eigenvalue weighted by molar-refractivity contribution is 7.85. The van der Waals surface area contributed by atoms with Crippen LogP contribution < -0.4 is 5.32 Å². The van der Waals surface area contributed by atoms with E-state index < -0.39 is 10.8 Å². The third kappa shape index (κ3) is 5.09. The summed E-state index contributed by atoms with van der Waals surface area (Å²) < 4.78 is 11.2. The van der Waals surface area contributed by atoms with Crippen LogP contribution in [0.4, 0.5) is 0 Å². The first-order chi connectivity index (χ1) is 7.03. The molecule has 1 heterocycles. The van der Waals surface area contributed by atoms with Gasteiger partial charge in [-0.25, -0.2) is 0 Å². The summed E-state index contributed by atoms with van der Waals surface area (Å²) in [6, 6.07) is 0.528. The van der Waals surface area contributed by atoms with E-state index in [2.05, 4.69) is 19.2 Å². The van der Waals surface area contributed by atoms with Crippen LogP contribution in [-0.4, -0.2) is 40.0 Å². The van der Waals surface area contributed by atoms with Crippen LogP contribution in [0.2, 0.25) is 0 Å². The smallest absolute Gasteiger partial charge is 0.0436 e. The van der Waals surface area contributed by atoms with Crippen LogP contribution in [0, 0.1) is 5.41 Å². The SMILES string of the molecule is CC(C)(CCO)CNC1CCS(=O)CC1. The van der Waals surface area contributed by atoms with Crippen LogP contribution in [0.1, 0.15) is 33.1 Å². The molecule has 1 saturated heterocycles. The lowest BCUT2D eigenvalue weighted by atomic mass is 9.89. The molecule has 1 fully saturated rings. The summed E-state index contributed by atoms with van der Waals surface area (Å²) in [5.41, 5.74) is 0.158. The average molecular weight is 233 g/mol. The molecule has 3 nitrogen and oxygen atoms in total. The van der Waals surface area contributed by atoms with Gasteiger partial charge in [0.2, 0.25) is 0 Å². The third-order valence-electron chi connectivity index (χ3n) is 3.05. The van der Waals surface area contributed by atoms with Crippen molar-refractivity contribution in [3.05, 3.63) is 0 Å². The number of hydrogen-bond donors (Lipinski definition) is 2. The maximum absolute atomic E-state index is 11.2. The quantitative estimate of drug-likeness (QED) is 0.741. The lowest BCUT2D eigenvalue weighted by molar-refractivity contribution is 0.201. The van der Waals surface area contributed by atoms with E-state index in [1.165, 1.54) is 0 Å². The molecular weight excluding hydrogens is 210 g/mol. The van der Waals surface area contributed by atoms with Crippen LogP contribution >= 0.6 is 0 Å². The molecule has 2 N–H and O–H groups in total. The zero-order chi connectivity index (χ0) is 11.3. The van der Waals surface area contributed by atoms with Gasteiger partial charge in [-0.2, -0.15) is 0 Å². The van der Waals surface area contributed by atoms with Gasteiger partial charge in [0.15, 0.2) is 0 Å². The molecule has 4 heteroatoms. The van der Waals surface area contributed by atoms with Crippen LogP contribution in [0.3, 0.4) is 0 Å². The zero-order valence-corrected chi connectivity index (χ0v) is 10.6. The standard InChI is InChI=1S/C11H23NO2S/c1-11(2,5-6-13)9-12-10-3-7-15(14)8-4-10/h10,12-13H,3-9H2,1-2H3. The van der Waals surface area contributed by atoms with E-state index in [1.807, 2.05) is 0 Å². The second-order valence-corrected chi connectivity index (χ2v) is 6.84. The van der Waals surface area contributed by atoms with E-state index in [-0.39, 0.29) is 12.0 Å². The molecule has 0 atom stereocenters. The Kier molecular flexibility index (Phi) is 5.23. The monoisotopic (exact) mass is 233 g/mol. The Morgan fingerprint density at radius 2 is 2.00 bits per heavy atom. The molecule has 15 heavy (non-hydrogen) atoms. The fraction of sp³-hybridized carbons (Fsp3) is 1.00. The summed E-state index contributed by atoms with van der Waals surface area (Å²) in [6.07, 6.45) is 2.89. The van der Waals surface area contributed by atoms with Gasteiger partial charge < -0.3 is 10.4 Å². The Hall–Kier alpha value is 0.0700. The summed E-state index contributed by atoms with van der Waals surface area (Å²) in [7, 11) is -0.569. The summed E-state index contributed by atoms with van der Waals surface area (Å²) in [5.74, 6) is 1.69. The van der Waals surface area contributed by atoms with Crippen LogP contribution in [-0.2, 0) is 10.8 Å². The van der Waals surface area contributed by atoms with Crippen molar-refractivity contribution in [2.24, 2.45) is 5.41 Å². The van der Waals surface area contributed by atoms with Crippen molar-refractivity contribution >= 4 is 10.8 Å². The highest BCUT2D eigenvalue weighted by atomic mass is 32.2. The molecule has 0 amide bonds. The van der Waals surface area contributed by atoms with Crippen molar-refractivity contribution in [2.75, 3.05) is 24.7 Å². The van der Waals surface area contributed by atoms with Crippen molar-refractivity contribution in [1.29, 1.82) is 0 Å². The fourth-order valence-corrected chi connectivity index (χ4v) is 3.11. The zero-order valence-electron chi connectivity index (χ0n) is 9.79. The molecule has 0 spiro atoms. The first kappa shape index (κ1) is 13.1. The second-order valence-electron chi connectivity index (χ2n) is 5.14. The van der Waals surface area contributed by atoms with Gasteiger partial charge >= 0.3 is 0 Å². The minimum Gasteiger partial charge on any atom is -0.396 e. The van der Waals surface area contributed by atoms with Crippen LogP contribution in [0.15, 0.2) is 0 Å². The summed E-state index contributed by atoms with van der Waals surface area (Å²) in [5, 5.41) is 12.4. The third-order valence-corrected chi connectivity index (χ3v) is 4.43. The van der Waals surface area contributed by atoms with Gasteiger partial charge in [0.1, 0.15) is 0 Å². The van der Waals surface area contributed by atoms with E-state index in [4.69, 9.17) is 5.11 Å². The number of aliphatic hydroxyl groups excluding tert-OH is 1. The van der Waals surface area contributed by atoms with Crippen molar-refractivity contribution in [3.63, 3.8) is 0 Å². The predicted molar refractivity (Wildman–Crippen MR) is 64.4 cm³/mol. The van der Waals surface area contributed by atoms with E-state index in [0.717, 1.165) is 37.3 Å². The average Bonchev–Trinajstić information content (AvgIpc) is 2.17. The minimum atomic E-state index is -0.569. The first-order valence-corrected chi connectivity index (χ1v) is 7.21. The largest absolute Gasteiger partial charge is 0.396 e. The van der Waals surface area contributed by atoms with Crippen LogP contribution in [0.5, 0.6) is 0 Å². The molecule has 90 valence electrons. The molecule has 0 aromatic rings. The maximum atomic E-state index is 11.2. The van der Waals surface area contributed by atoms with Crippen molar-refractivity contribution in [3.8, 4) is 0 Å². The molecule has 0 unspecified atom stereocenters. The number of aliphatic hydroxyl groups is 1. The number of hydrogen-bond acceptors (Lipinski definition) is 3. The predicted octanol–water partition coefficient (Wildman–Crippen LogP) is 0.896. The Labute approximate surface area is 95.1 Å². The maximum Gasteiger partial charge on any atom is 0.0436 e. The second kappa shape index (κ2) is 5.97. The Morgan fingerprint density at radius 1 is 1.40 bits per heavy atom. The summed E-state index contributed by atoms with van der Waals surface area (Å²) in [6.45, 7) is 5.52. The normalized spacial score (nSPS) is 27.9. The highest BCUT2D eigenvalue weighted by Crippen LogP contribution is 2.19. The molecule has 1 aliphatic heterocycles. The van der Waals surface area contributed by atoms with E-state index >= 15 is 0 Å². The Bertz CT molecular complexity index is 209. The molecule has 0 aromatic carbocycles. The molecular formula is C11H23NO2S. The van der Waals surface area contributed by atoms with Crippen molar-refractivity contribution in [1.82, 2.24) is 5.32 Å². The molecule has 1 rings (SSSR count). The van der Waals surface area contributed by atoms with E-state index in [1.54, 1.807) is 0 Å². The topological polar surface area (TPSA) is 49.3 Å². The first-order valence-electron chi connectivity index (χ1n) is 5.73. The number of rotatable bonds is 5. The number of nitrogens with one attached hydrogen (secondary N) is 1. The van der Waals surface area contributed by atoms with Gasteiger partial charge in [-0.3, -0.25) is 4.21 Å². The molecule has 1 aliphatic rings. The van der Waals surface area contributed by atoms with Gasteiger partial charge in [-0.05, 0) is 24.7 Å².